The summed E-state index contributed by atoms with van der Waals surface area (Å²) in [6.45, 7) is -6.43. The van der Waals surface area contributed by atoms with Gasteiger partial charge in [-0.1, -0.05) is 24.3 Å². The molecule has 9 nitrogen and oxygen atoms in total. The van der Waals surface area contributed by atoms with Crippen LogP contribution in [0, 0.1) is 0 Å². The molecule has 0 unspecified atom stereocenters. The van der Waals surface area contributed by atoms with E-state index in [1.807, 2.05) is 0 Å². The van der Waals surface area contributed by atoms with Gasteiger partial charge in [0.05, 0.1) is 0 Å². The van der Waals surface area contributed by atoms with Crippen LogP contribution in [0.15, 0.2) is 45.0 Å². The predicted molar refractivity (Wildman–Crippen MR) is 112 cm³/mol. The van der Waals surface area contributed by atoms with Crippen LogP contribution in [0.4, 0.5) is 52.7 Å². The monoisotopic (exact) mass is 696 g/mol. The molecule has 42 heavy (non-hydrogen) atoms. The lowest BCUT2D eigenvalue weighted by molar-refractivity contribution is -0.271. The highest BCUT2D eigenvalue weighted by Crippen LogP contribution is 2.43. The van der Waals surface area contributed by atoms with Gasteiger partial charge in [0.1, 0.15) is 27.9 Å². The molecule has 24 heteroatoms. The van der Waals surface area contributed by atoms with E-state index < -0.39 is 106 Å². The van der Waals surface area contributed by atoms with Crippen LogP contribution in [0.1, 0.15) is 0 Å². The standard InChI is InChI=1S/C18H12F12O9S3/c19-13(20)17(27,28)15(23,24)6-38-41(34,35)11-9-4-2-1-3-8(9)5-10(40(31,32)33)12(11)42(36,37)39-7-16(25,26)18(29,30)14(21)22/h1-5,13-14H,6-7H2,(H,31,32,33). The van der Waals surface area contributed by atoms with Crippen LogP contribution in [0.25, 0.3) is 10.8 Å². The van der Waals surface area contributed by atoms with Crippen molar-refractivity contribution in [1.29, 1.82) is 0 Å². The number of alkyl halides is 12. The molecule has 0 aliphatic rings. The number of hydrogen-bond acceptors (Lipinski definition) is 8. The quantitative estimate of drug-likeness (QED) is 0.181. The zero-order chi connectivity index (χ0) is 32.9. The molecule has 2 rings (SSSR count). The van der Waals surface area contributed by atoms with Gasteiger partial charge in [-0.2, -0.15) is 60.4 Å². The first-order valence-corrected chi connectivity index (χ1v) is 14.3. The molecule has 0 saturated heterocycles. The lowest BCUT2D eigenvalue weighted by Gasteiger charge is -2.26. The Kier molecular flexibility index (Phi) is 9.59. The molecule has 0 aliphatic heterocycles. The molecule has 240 valence electrons. The van der Waals surface area contributed by atoms with Crippen molar-refractivity contribution < 1.29 is 90.9 Å². The molecule has 0 aromatic heterocycles. The van der Waals surface area contributed by atoms with Crippen LogP contribution in [0.3, 0.4) is 0 Å². The van der Waals surface area contributed by atoms with Gasteiger partial charge >= 0.3 is 36.5 Å². The number of hydrogen-bond donors (Lipinski definition) is 1. The van der Waals surface area contributed by atoms with Crippen LogP contribution < -0.4 is 0 Å². The molecule has 0 bridgehead atoms. The number of benzene rings is 2. The average Bonchev–Trinajstić information content (AvgIpc) is 2.84. The highest BCUT2D eigenvalue weighted by molar-refractivity contribution is 7.91. The molecule has 0 saturated carbocycles. The molecule has 0 radical (unpaired) electrons. The van der Waals surface area contributed by atoms with Gasteiger partial charge in [-0.05, 0) is 11.5 Å². The van der Waals surface area contributed by atoms with Crippen molar-refractivity contribution in [2.24, 2.45) is 0 Å². The summed E-state index contributed by atoms with van der Waals surface area (Å²) in [4.78, 5) is -6.91. The van der Waals surface area contributed by atoms with Crippen molar-refractivity contribution in [3.05, 3.63) is 30.3 Å². The van der Waals surface area contributed by atoms with Gasteiger partial charge in [0.15, 0.2) is 0 Å². The second kappa shape index (κ2) is 11.3. The minimum Gasteiger partial charge on any atom is -0.282 e. The Morgan fingerprint density at radius 3 is 1.43 bits per heavy atom. The average molecular weight is 696 g/mol. The summed E-state index contributed by atoms with van der Waals surface area (Å²) in [6.07, 6.45) is -10.3. The Bertz CT molecular complexity index is 1660. The molecular formula is C18H12F12O9S3. The van der Waals surface area contributed by atoms with Gasteiger partial charge < -0.3 is 0 Å². The van der Waals surface area contributed by atoms with Crippen LogP contribution >= 0.6 is 0 Å². The fourth-order valence-corrected chi connectivity index (χ4v) is 7.07. The Balaban J connectivity index is 2.88. The van der Waals surface area contributed by atoms with E-state index in [2.05, 4.69) is 8.37 Å². The van der Waals surface area contributed by atoms with Crippen molar-refractivity contribution >= 4 is 41.1 Å². The topological polar surface area (TPSA) is 141 Å². The van der Waals surface area contributed by atoms with E-state index in [1.165, 1.54) is 0 Å². The SMILES string of the molecule is O=S(=O)(O)c1cc2ccccc2c(S(=O)(=O)OCC(F)(F)C(F)(F)C(F)F)c1S(=O)(=O)OCC(F)(F)C(F)(F)C(F)F. The van der Waals surface area contributed by atoms with E-state index in [0.717, 1.165) is 18.2 Å². The lowest BCUT2D eigenvalue weighted by atomic mass is 10.1. The van der Waals surface area contributed by atoms with Gasteiger partial charge in [-0.25, -0.2) is 17.6 Å². The lowest BCUT2D eigenvalue weighted by Crippen LogP contribution is -2.49. The summed E-state index contributed by atoms with van der Waals surface area (Å²) in [7, 11) is -19.1. The predicted octanol–water partition coefficient (Wildman–Crippen LogP) is 4.57. The fraction of sp³-hybridized carbons (Fsp3) is 0.444. The Morgan fingerprint density at radius 2 is 1.05 bits per heavy atom. The van der Waals surface area contributed by atoms with Gasteiger partial charge in [0.25, 0.3) is 30.4 Å². The maximum absolute atomic E-state index is 13.7. The van der Waals surface area contributed by atoms with Crippen molar-refractivity contribution in [2.45, 2.75) is 51.2 Å². The first-order chi connectivity index (χ1) is 18.6. The Hall–Kier alpha value is -2.41. The van der Waals surface area contributed by atoms with Crippen LogP contribution in [0.5, 0.6) is 0 Å². The number of halogens is 12. The summed E-state index contributed by atoms with van der Waals surface area (Å²) in [5.41, 5.74) is 0. The van der Waals surface area contributed by atoms with Gasteiger partial charge in [0, 0.05) is 5.39 Å². The smallest absolute Gasteiger partial charge is 0.282 e. The van der Waals surface area contributed by atoms with Crippen molar-refractivity contribution in [1.82, 2.24) is 0 Å². The molecule has 0 spiro atoms. The van der Waals surface area contributed by atoms with E-state index in [0.29, 0.717) is 6.07 Å². The zero-order valence-corrected chi connectivity index (χ0v) is 21.9. The minimum absolute atomic E-state index is 0.103. The maximum atomic E-state index is 13.7. The molecule has 2 aromatic rings. The first-order valence-electron chi connectivity index (χ1n) is 10.0. The third kappa shape index (κ3) is 6.71. The summed E-state index contributed by atoms with van der Waals surface area (Å²) in [5, 5.41) is -1.87. The molecule has 0 heterocycles. The van der Waals surface area contributed by atoms with Gasteiger partial charge in [-0.15, -0.1) is 0 Å². The van der Waals surface area contributed by atoms with Crippen LogP contribution in [0.2, 0.25) is 0 Å². The first kappa shape index (κ1) is 35.8. The molecule has 0 atom stereocenters. The summed E-state index contributed by atoms with van der Waals surface area (Å²) < 4.78 is 249. The molecule has 0 amide bonds. The Labute approximate surface area is 227 Å². The van der Waals surface area contributed by atoms with E-state index in [1.54, 1.807) is 0 Å². The molecule has 0 aliphatic carbocycles. The van der Waals surface area contributed by atoms with E-state index in [-0.39, 0.29) is 6.07 Å². The van der Waals surface area contributed by atoms with Crippen LogP contribution in [-0.2, 0) is 38.7 Å². The van der Waals surface area contributed by atoms with E-state index >= 15 is 0 Å². The molecule has 1 N–H and O–H groups in total. The zero-order valence-electron chi connectivity index (χ0n) is 19.4. The molecular weight excluding hydrogens is 684 g/mol. The number of fused-ring (bicyclic) bond motifs is 1. The highest BCUT2D eigenvalue weighted by Gasteiger charge is 2.64. The third-order valence-electron chi connectivity index (χ3n) is 5.01. The second-order valence-electron chi connectivity index (χ2n) is 7.92. The van der Waals surface area contributed by atoms with Crippen LogP contribution in [-0.4, -0.2) is 79.6 Å². The number of rotatable bonds is 13. The minimum atomic E-state index is -6.61. The molecule has 0 fully saturated rings. The second-order valence-corrected chi connectivity index (χ2v) is 12.4. The normalized spacial score (nSPS) is 14.7. The van der Waals surface area contributed by atoms with Crippen molar-refractivity contribution in [3.8, 4) is 0 Å². The highest BCUT2D eigenvalue weighted by atomic mass is 32.2. The van der Waals surface area contributed by atoms with E-state index in [4.69, 9.17) is 0 Å². The van der Waals surface area contributed by atoms with Crippen molar-refractivity contribution in [2.75, 3.05) is 13.2 Å². The summed E-state index contributed by atoms with van der Waals surface area (Å²) in [6, 6.07) is 3.18. The van der Waals surface area contributed by atoms with Crippen molar-refractivity contribution in [3.63, 3.8) is 0 Å². The van der Waals surface area contributed by atoms with Gasteiger partial charge in [0.2, 0.25) is 0 Å². The van der Waals surface area contributed by atoms with Gasteiger partial charge in [-0.3, -0.25) is 12.9 Å². The fourth-order valence-electron chi connectivity index (χ4n) is 2.88. The summed E-state index contributed by atoms with van der Waals surface area (Å²) in [5.74, 6) is -24.7. The maximum Gasteiger partial charge on any atom is 0.371 e. The molecule has 2 aromatic carbocycles. The largest absolute Gasteiger partial charge is 0.371 e. The summed E-state index contributed by atoms with van der Waals surface area (Å²) >= 11 is 0. The Morgan fingerprint density at radius 1 is 0.667 bits per heavy atom. The van der Waals surface area contributed by atoms with E-state index in [9.17, 15) is 82.5 Å². The third-order valence-corrected chi connectivity index (χ3v) is 8.85.